The minimum Gasteiger partial charge on any atom is -0.282 e. The van der Waals surface area contributed by atoms with Crippen molar-refractivity contribution in [3.05, 3.63) is 48.0 Å². The monoisotopic (exact) mass is 307 g/mol. The predicted molar refractivity (Wildman–Crippen MR) is 73.6 cm³/mol. The van der Waals surface area contributed by atoms with Crippen molar-refractivity contribution in [3.8, 4) is 0 Å². The van der Waals surface area contributed by atoms with Crippen molar-refractivity contribution >= 4 is 44.7 Å². The van der Waals surface area contributed by atoms with Crippen LogP contribution in [0.1, 0.15) is 5.56 Å². The number of benzene rings is 2. The van der Waals surface area contributed by atoms with Crippen LogP contribution in [0.5, 0.6) is 0 Å². The van der Waals surface area contributed by atoms with E-state index in [-0.39, 0.29) is 0 Å². The Hall–Kier alpha value is -1.03. The second-order valence-corrected chi connectivity index (χ2v) is 4.78. The summed E-state index contributed by atoms with van der Waals surface area (Å²) in [7, 11) is 0. The molecule has 1 nitrogen and oxygen atoms in total. The Kier molecular flexibility index (Phi) is 1.99. The summed E-state index contributed by atoms with van der Waals surface area (Å²) in [6.45, 7) is 2.13. The molecule has 0 atom stereocenters. The van der Waals surface area contributed by atoms with E-state index in [0.717, 1.165) is 0 Å². The Morgan fingerprint density at radius 2 is 1.67 bits per heavy atom. The Morgan fingerprint density at radius 1 is 0.933 bits per heavy atom. The number of aromatic nitrogens is 1. The second-order valence-electron chi connectivity index (χ2n) is 3.82. The first-order valence-corrected chi connectivity index (χ1v) is 5.90. The van der Waals surface area contributed by atoms with Crippen molar-refractivity contribution < 1.29 is 0 Å². The number of aryl methyl sites for hydroxylation is 1. The number of para-hydroxylation sites is 1. The molecule has 0 radical (unpaired) electrons. The zero-order valence-corrected chi connectivity index (χ0v) is 10.5. The summed E-state index contributed by atoms with van der Waals surface area (Å²) in [6, 6.07) is 15.1. The Balaban J connectivity index is 2.63. The third kappa shape index (κ3) is 1.28. The van der Waals surface area contributed by atoms with Gasteiger partial charge in [-0.05, 0) is 24.6 Å². The fourth-order valence-corrected chi connectivity index (χ4v) is 2.85. The fourth-order valence-electron chi connectivity index (χ4n) is 2.03. The molecule has 15 heavy (non-hydrogen) atoms. The lowest BCUT2D eigenvalue weighted by Gasteiger charge is -1.95. The van der Waals surface area contributed by atoms with Gasteiger partial charge in [0.25, 0.3) is 0 Å². The van der Waals surface area contributed by atoms with Gasteiger partial charge < -0.3 is 0 Å². The van der Waals surface area contributed by atoms with Crippen LogP contribution in [0.3, 0.4) is 0 Å². The molecule has 0 unspecified atom stereocenters. The highest BCUT2D eigenvalue weighted by atomic mass is 127. The molecule has 0 amide bonds. The normalized spacial score (nSPS) is 11.3. The molecule has 0 N–H and O–H groups in total. The van der Waals surface area contributed by atoms with Crippen LogP contribution in [0, 0.1) is 6.92 Å². The Morgan fingerprint density at radius 3 is 2.53 bits per heavy atom. The van der Waals surface area contributed by atoms with E-state index in [1.165, 1.54) is 27.4 Å². The molecule has 0 aliphatic carbocycles. The van der Waals surface area contributed by atoms with E-state index in [9.17, 15) is 0 Å². The van der Waals surface area contributed by atoms with Gasteiger partial charge in [0.2, 0.25) is 0 Å². The maximum atomic E-state index is 2.36. The van der Waals surface area contributed by atoms with Crippen molar-refractivity contribution in [2.75, 3.05) is 0 Å². The van der Waals surface area contributed by atoms with Crippen LogP contribution in [-0.4, -0.2) is 2.78 Å². The van der Waals surface area contributed by atoms with Crippen molar-refractivity contribution in [1.29, 1.82) is 0 Å². The van der Waals surface area contributed by atoms with Gasteiger partial charge in [-0.3, -0.25) is 2.78 Å². The molecule has 1 aromatic heterocycles. The lowest BCUT2D eigenvalue weighted by Crippen LogP contribution is -1.78. The van der Waals surface area contributed by atoms with E-state index < -0.39 is 0 Å². The van der Waals surface area contributed by atoms with Gasteiger partial charge in [-0.1, -0.05) is 30.3 Å². The first-order valence-electron chi connectivity index (χ1n) is 4.93. The highest BCUT2D eigenvalue weighted by Crippen LogP contribution is 2.30. The SMILES string of the molecule is Cc1ccc2c3ccccc3n(I)c2c1. The second kappa shape index (κ2) is 3.23. The molecule has 3 aromatic rings. The third-order valence-electron chi connectivity index (χ3n) is 2.77. The smallest absolute Gasteiger partial charge is 0.0646 e. The van der Waals surface area contributed by atoms with Gasteiger partial charge in [-0.15, -0.1) is 0 Å². The van der Waals surface area contributed by atoms with Crippen molar-refractivity contribution in [2.45, 2.75) is 6.92 Å². The predicted octanol–water partition coefficient (Wildman–Crippen LogP) is 4.30. The summed E-state index contributed by atoms with van der Waals surface area (Å²) in [5.41, 5.74) is 3.90. The summed E-state index contributed by atoms with van der Waals surface area (Å²) in [5.74, 6) is 0. The number of fused-ring (bicyclic) bond motifs is 3. The average molecular weight is 307 g/mol. The Bertz CT molecular complexity index is 652. The molecule has 3 rings (SSSR count). The van der Waals surface area contributed by atoms with E-state index in [1.54, 1.807) is 0 Å². The van der Waals surface area contributed by atoms with Gasteiger partial charge >= 0.3 is 0 Å². The lowest BCUT2D eigenvalue weighted by molar-refractivity contribution is 1.45. The molecule has 74 valence electrons. The quantitative estimate of drug-likeness (QED) is 0.546. The maximum absolute atomic E-state index is 2.36. The van der Waals surface area contributed by atoms with E-state index in [1.807, 2.05) is 0 Å². The van der Waals surface area contributed by atoms with Crippen LogP contribution in [0.25, 0.3) is 21.8 Å². The molecule has 1 heterocycles. The lowest BCUT2D eigenvalue weighted by atomic mass is 10.1. The molecule has 0 bridgehead atoms. The van der Waals surface area contributed by atoms with Crippen LogP contribution < -0.4 is 0 Å². The Labute approximate surface area is 102 Å². The average Bonchev–Trinajstić information content (AvgIpc) is 2.54. The molecule has 0 saturated heterocycles. The summed E-state index contributed by atoms with van der Waals surface area (Å²) in [5, 5.41) is 2.67. The van der Waals surface area contributed by atoms with Gasteiger partial charge in [0.1, 0.15) is 0 Å². The van der Waals surface area contributed by atoms with Crippen LogP contribution in [0.2, 0.25) is 0 Å². The van der Waals surface area contributed by atoms with Crippen LogP contribution in [0.15, 0.2) is 42.5 Å². The summed E-state index contributed by atoms with van der Waals surface area (Å²) in [4.78, 5) is 0. The highest BCUT2D eigenvalue weighted by molar-refractivity contribution is 14.1. The first kappa shape index (κ1) is 9.21. The van der Waals surface area contributed by atoms with Crippen molar-refractivity contribution in [1.82, 2.24) is 2.78 Å². The van der Waals surface area contributed by atoms with Gasteiger partial charge in [0.15, 0.2) is 0 Å². The van der Waals surface area contributed by atoms with Crippen LogP contribution in [-0.2, 0) is 0 Å². The number of hydrogen-bond donors (Lipinski definition) is 0. The van der Waals surface area contributed by atoms with E-state index in [2.05, 4.69) is 75.0 Å². The number of hydrogen-bond acceptors (Lipinski definition) is 0. The molecule has 0 spiro atoms. The van der Waals surface area contributed by atoms with E-state index in [4.69, 9.17) is 0 Å². The molecule has 0 aliphatic heterocycles. The molecule has 2 aromatic carbocycles. The van der Waals surface area contributed by atoms with Gasteiger partial charge in [0.05, 0.1) is 33.9 Å². The fraction of sp³-hybridized carbons (Fsp3) is 0.0769. The minimum atomic E-state index is 1.29. The largest absolute Gasteiger partial charge is 0.282 e. The first-order chi connectivity index (χ1) is 7.27. The highest BCUT2D eigenvalue weighted by Gasteiger charge is 2.07. The molecular weight excluding hydrogens is 297 g/mol. The molecule has 2 heteroatoms. The van der Waals surface area contributed by atoms with Gasteiger partial charge in [0, 0.05) is 10.8 Å². The van der Waals surface area contributed by atoms with Crippen molar-refractivity contribution in [2.24, 2.45) is 0 Å². The minimum absolute atomic E-state index is 1.29. The van der Waals surface area contributed by atoms with Crippen molar-refractivity contribution in [3.63, 3.8) is 0 Å². The maximum Gasteiger partial charge on any atom is 0.0646 e. The summed E-state index contributed by atoms with van der Waals surface area (Å²) >= 11 is 2.36. The molecule has 0 saturated carbocycles. The topological polar surface area (TPSA) is 4.93 Å². The molecule has 0 fully saturated rings. The van der Waals surface area contributed by atoms with Gasteiger partial charge in [-0.25, -0.2) is 0 Å². The molecular formula is C13H10IN. The zero-order valence-electron chi connectivity index (χ0n) is 8.37. The number of rotatable bonds is 0. The summed E-state index contributed by atoms with van der Waals surface area (Å²) < 4.78 is 2.23. The standard InChI is InChI=1S/C13H10IN/c1-9-6-7-11-10-4-2-3-5-12(10)15(14)13(11)8-9/h2-8H,1H3. The molecule has 0 aliphatic rings. The van der Waals surface area contributed by atoms with E-state index in [0.29, 0.717) is 0 Å². The number of nitrogens with zero attached hydrogens (tertiary/aromatic N) is 1. The number of halogens is 1. The van der Waals surface area contributed by atoms with Crippen LogP contribution in [0.4, 0.5) is 0 Å². The third-order valence-corrected chi connectivity index (χ3v) is 3.81. The summed E-state index contributed by atoms with van der Waals surface area (Å²) in [6.07, 6.45) is 0. The van der Waals surface area contributed by atoms with Gasteiger partial charge in [-0.2, -0.15) is 0 Å². The zero-order chi connectivity index (χ0) is 10.4. The van der Waals surface area contributed by atoms with E-state index >= 15 is 0 Å². The van der Waals surface area contributed by atoms with Crippen LogP contribution >= 0.6 is 22.9 Å².